The molecule has 0 aromatic heterocycles. The van der Waals surface area contributed by atoms with Crippen LogP contribution in [0.5, 0.6) is 0 Å². The van der Waals surface area contributed by atoms with E-state index in [-0.39, 0.29) is 0 Å². The summed E-state index contributed by atoms with van der Waals surface area (Å²) in [6.07, 6.45) is 0. The number of nitrogen functional groups attached to an aromatic ring is 1. The quantitative estimate of drug-likeness (QED) is 0.502. The molecule has 0 heterocycles. The average Bonchev–Trinajstić information content (AvgIpc) is 2.29. The molecule has 2 aromatic carbocycles. The molecule has 3 heteroatoms. The maximum atomic E-state index is 6.16. The van der Waals surface area contributed by atoms with E-state index < -0.39 is 0 Å². The summed E-state index contributed by atoms with van der Waals surface area (Å²) in [7, 11) is 0. The fourth-order valence-corrected chi connectivity index (χ4v) is 2.43. The maximum Gasteiger partial charge on any atom is 0.0539 e. The monoisotopic (exact) mass is 261 g/mol. The van der Waals surface area contributed by atoms with Gasteiger partial charge in [0, 0.05) is 11.3 Å². The molecular formula is C14H12ClNS. The molecule has 0 aliphatic rings. The third kappa shape index (κ3) is 2.48. The number of thiocarbonyl (C=S) groups is 1. The fourth-order valence-electron chi connectivity index (χ4n) is 1.69. The highest BCUT2D eigenvalue weighted by molar-refractivity contribution is 7.81. The molecule has 17 heavy (non-hydrogen) atoms. The Bertz CT molecular complexity index is 578. The van der Waals surface area contributed by atoms with Gasteiger partial charge >= 0.3 is 0 Å². The Morgan fingerprint density at radius 1 is 1.12 bits per heavy atom. The number of anilines is 1. The third-order valence-corrected chi connectivity index (χ3v) is 3.38. The van der Waals surface area contributed by atoms with Crippen LogP contribution >= 0.6 is 23.8 Å². The molecule has 0 saturated heterocycles. The zero-order valence-corrected chi connectivity index (χ0v) is 11.0. The van der Waals surface area contributed by atoms with Crippen LogP contribution in [0.3, 0.4) is 0 Å². The summed E-state index contributed by atoms with van der Waals surface area (Å²) in [6.45, 7) is 2.03. The number of aryl methyl sites for hydroxylation is 1. The zero-order valence-electron chi connectivity index (χ0n) is 9.41. The zero-order chi connectivity index (χ0) is 12.4. The number of nitrogens with two attached hydrogens (primary N) is 1. The minimum absolute atomic E-state index is 0.596. The molecule has 0 bridgehead atoms. The second-order valence-corrected chi connectivity index (χ2v) is 4.70. The molecule has 2 rings (SSSR count). The van der Waals surface area contributed by atoms with Crippen LogP contribution in [0.15, 0.2) is 42.5 Å². The van der Waals surface area contributed by atoms with E-state index in [1.165, 1.54) is 0 Å². The fraction of sp³-hybridized carbons (Fsp3) is 0.0714. The number of hydrogen-bond acceptors (Lipinski definition) is 2. The smallest absolute Gasteiger partial charge is 0.0539 e. The highest BCUT2D eigenvalue weighted by Crippen LogP contribution is 2.24. The Labute approximate surface area is 111 Å². The highest BCUT2D eigenvalue weighted by Gasteiger charge is 2.10. The second-order valence-electron chi connectivity index (χ2n) is 3.88. The standard InChI is InChI=1S/C14H12ClNS/c1-9-4-2-3-5-11(9)14(17)12-7-6-10(16)8-13(12)15/h2-8H,16H2,1H3. The number of benzene rings is 2. The van der Waals surface area contributed by atoms with Crippen molar-refractivity contribution in [2.45, 2.75) is 6.92 Å². The van der Waals surface area contributed by atoms with Crippen LogP contribution in [0.4, 0.5) is 5.69 Å². The normalized spacial score (nSPS) is 10.2. The first-order valence-corrected chi connectivity index (χ1v) is 6.03. The lowest BCUT2D eigenvalue weighted by atomic mass is 10.00. The van der Waals surface area contributed by atoms with Gasteiger partial charge in [-0.25, -0.2) is 0 Å². The molecule has 0 fully saturated rings. The van der Waals surface area contributed by atoms with E-state index in [9.17, 15) is 0 Å². The maximum absolute atomic E-state index is 6.16. The van der Waals surface area contributed by atoms with Crippen LogP contribution in [0, 0.1) is 6.92 Å². The predicted molar refractivity (Wildman–Crippen MR) is 77.8 cm³/mol. The van der Waals surface area contributed by atoms with Gasteiger partial charge in [-0.05, 0) is 36.2 Å². The van der Waals surface area contributed by atoms with E-state index in [4.69, 9.17) is 29.6 Å². The van der Waals surface area contributed by atoms with E-state index in [0.29, 0.717) is 10.7 Å². The lowest BCUT2D eigenvalue weighted by molar-refractivity contribution is 1.44. The van der Waals surface area contributed by atoms with Crippen LogP contribution in [-0.4, -0.2) is 4.86 Å². The lowest BCUT2D eigenvalue weighted by Gasteiger charge is -2.09. The van der Waals surface area contributed by atoms with Gasteiger partial charge in [0.15, 0.2) is 0 Å². The van der Waals surface area contributed by atoms with Gasteiger partial charge in [0.25, 0.3) is 0 Å². The van der Waals surface area contributed by atoms with Crippen molar-refractivity contribution in [3.63, 3.8) is 0 Å². The Morgan fingerprint density at radius 2 is 1.82 bits per heavy atom. The van der Waals surface area contributed by atoms with E-state index in [1.807, 2.05) is 43.3 Å². The molecule has 1 nitrogen and oxygen atoms in total. The van der Waals surface area contributed by atoms with Gasteiger partial charge in [0.2, 0.25) is 0 Å². The van der Waals surface area contributed by atoms with Gasteiger partial charge in [0.1, 0.15) is 0 Å². The number of halogens is 1. The van der Waals surface area contributed by atoms with Gasteiger partial charge in [-0.3, -0.25) is 0 Å². The second kappa shape index (κ2) is 4.86. The molecular weight excluding hydrogens is 250 g/mol. The molecule has 86 valence electrons. The molecule has 2 N–H and O–H groups in total. The van der Waals surface area contributed by atoms with E-state index in [1.54, 1.807) is 6.07 Å². The topological polar surface area (TPSA) is 26.0 Å². The molecule has 0 radical (unpaired) electrons. The van der Waals surface area contributed by atoms with E-state index >= 15 is 0 Å². The Morgan fingerprint density at radius 3 is 2.47 bits per heavy atom. The first-order chi connectivity index (χ1) is 8.09. The molecule has 0 aliphatic carbocycles. The first kappa shape index (κ1) is 12.1. The van der Waals surface area contributed by atoms with Crippen LogP contribution in [0.2, 0.25) is 5.02 Å². The molecule has 0 spiro atoms. The van der Waals surface area contributed by atoms with Crippen LogP contribution < -0.4 is 5.73 Å². The van der Waals surface area contributed by atoms with Crippen molar-refractivity contribution in [1.82, 2.24) is 0 Å². The van der Waals surface area contributed by atoms with Crippen molar-refractivity contribution >= 4 is 34.4 Å². The van der Waals surface area contributed by atoms with Crippen molar-refractivity contribution in [3.05, 3.63) is 64.2 Å². The van der Waals surface area contributed by atoms with Crippen LogP contribution in [-0.2, 0) is 0 Å². The lowest BCUT2D eigenvalue weighted by Crippen LogP contribution is -2.03. The summed E-state index contributed by atoms with van der Waals surface area (Å²) >= 11 is 11.6. The van der Waals surface area contributed by atoms with Crippen molar-refractivity contribution in [2.75, 3.05) is 5.73 Å². The molecule has 2 aromatic rings. The van der Waals surface area contributed by atoms with Gasteiger partial charge in [-0.2, -0.15) is 0 Å². The van der Waals surface area contributed by atoms with Crippen LogP contribution in [0.1, 0.15) is 16.7 Å². The van der Waals surface area contributed by atoms with E-state index in [0.717, 1.165) is 21.6 Å². The molecule has 0 unspecified atom stereocenters. The minimum Gasteiger partial charge on any atom is -0.399 e. The van der Waals surface area contributed by atoms with Gasteiger partial charge < -0.3 is 5.73 Å². The highest BCUT2D eigenvalue weighted by atomic mass is 35.5. The van der Waals surface area contributed by atoms with Gasteiger partial charge in [-0.1, -0.05) is 48.1 Å². The third-order valence-electron chi connectivity index (χ3n) is 2.63. The Balaban J connectivity index is 2.48. The summed E-state index contributed by atoms with van der Waals surface area (Å²) in [5, 5.41) is 0.596. The molecule has 0 aliphatic heterocycles. The van der Waals surface area contributed by atoms with E-state index in [2.05, 4.69) is 0 Å². The first-order valence-electron chi connectivity index (χ1n) is 5.25. The predicted octanol–water partition coefficient (Wildman–Crippen LogP) is 4.00. The summed E-state index contributed by atoms with van der Waals surface area (Å²) < 4.78 is 0. The number of rotatable bonds is 2. The van der Waals surface area contributed by atoms with Crippen molar-refractivity contribution in [1.29, 1.82) is 0 Å². The van der Waals surface area contributed by atoms with Crippen molar-refractivity contribution in [3.8, 4) is 0 Å². The average molecular weight is 262 g/mol. The molecule has 0 saturated carbocycles. The summed E-state index contributed by atoms with van der Waals surface area (Å²) in [6, 6.07) is 13.4. The Kier molecular flexibility index (Phi) is 3.46. The van der Waals surface area contributed by atoms with Gasteiger partial charge in [0.05, 0.1) is 9.89 Å². The number of hydrogen-bond donors (Lipinski definition) is 1. The molecule has 0 atom stereocenters. The summed E-state index contributed by atoms with van der Waals surface area (Å²) in [5.41, 5.74) is 9.35. The van der Waals surface area contributed by atoms with Crippen molar-refractivity contribution < 1.29 is 0 Å². The summed E-state index contributed by atoms with van der Waals surface area (Å²) in [5.74, 6) is 0. The summed E-state index contributed by atoms with van der Waals surface area (Å²) in [4.78, 5) is 0.758. The van der Waals surface area contributed by atoms with Crippen LogP contribution in [0.25, 0.3) is 0 Å². The van der Waals surface area contributed by atoms with Gasteiger partial charge in [-0.15, -0.1) is 0 Å². The Hall–Kier alpha value is -1.38. The SMILES string of the molecule is Cc1ccccc1C(=S)c1ccc(N)cc1Cl. The minimum atomic E-state index is 0.596. The largest absolute Gasteiger partial charge is 0.399 e. The molecule has 0 amide bonds. The van der Waals surface area contributed by atoms with Crippen molar-refractivity contribution in [2.24, 2.45) is 0 Å².